The molecule has 1 aromatic heterocycles. The summed E-state index contributed by atoms with van der Waals surface area (Å²) in [5.74, 6) is 0.968. The van der Waals surface area contributed by atoms with E-state index in [1.807, 2.05) is 13.2 Å². The molecular weight excluding hydrogens is 198 g/mol. The summed E-state index contributed by atoms with van der Waals surface area (Å²) in [4.78, 5) is 4.32. The molecule has 3 heteroatoms. The number of hydrogen-bond acceptors (Lipinski definition) is 2. The molecule has 3 nitrogen and oxygen atoms in total. The first-order valence-electron chi connectivity index (χ1n) is 6.32. The van der Waals surface area contributed by atoms with Gasteiger partial charge in [-0.3, -0.25) is 5.32 Å². The molecule has 0 aliphatic heterocycles. The molecule has 0 saturated heterocycles. The van der Waals surface area contributed by atoms with Gasteiger partial charge in [-0.1, -0.05) is 37.6 Å². The summed E-state index contributed by atoms with van der Waals surface area (Å²) in [5, 5.41) is 3.14. The van der Waals surface area contributed by atoms with Crippen molar-refractivity contribution < 1.29 is 4.57 Å². The summed E-state index contributed by atoms with van der Waals surface area (Å²) in [5.41, 5.74) is 1.27. The van der Waals surface area contributed by atoms with Crippen LogP contribution in [0, 0.1) is 6.92 Å². The number of aryl methyl sites for hydroxylation is 1. The first-order valence-corrected chi connectivity index (χ1v) is 6.32. The van der Waals surface area contributed by atoms with Crippen molar-refractivity contribution in [3.63, 3.8) is 0 Å². The predicted molar refractivity (Wildman–Crippen MR) is 67.5 cm³/mol. The molecule has 0 atom stereocenters. The Kier molecular flexibility index (Phi) is 5.83. The standard InChI is InChI=1S/C13H23N3/c1-4-5-6-7-8-11-16-12(2)9-10-15-13(16)14-3/h9-10H,4-8,11H2,1-3H3/p+1. The average molecular weight is 222 g/mol. The zero-order valence-corrected chi connectivity index (χ0v) is 10.8. The SMILES string of the molecule is CCCCCCC[n+]1c(C)ccnc1NC. The van der Waals surface area contributed by atoms with E-state index in [0.717, 1.165) is 12.5 Å². The summed E-state index contributed by atoms with van der Waals surface area (Å²) in [7, 11) is 1.93. The Hall–Kier alpha value is -1.12. The minimum Gasteiger partial charge on any atom is -0.277 e. The van der Waals surface area contributed by atoms with Crippen LogP contribution < -0.4 is 9.88 Å². The van der Waals surface area contributed by atoms with Crippen molar-refractivity contribution in [3.8, 4) is 0 Å². The summed E-state index contributed by atoms with van der Waals surface area (Å²) in [6, 6.07) is 2.06. The van der Waals surface area contributed by atoms with E-state index >= 15 is 0 Å². The van der Waals surface area contributed by atoms with E-state index in [9.17, 15) is 0 Å². The van der Waals surface area contributed by atoms with Gasteiger partial charge in [-0.05, 0) is 13.3 Å². The molecule has 0 aromatic carbocycles. The Balaban J connectivity index is 2.46. The molecule has 1 aromatic rings. The van der Waals surface area contributed by atoms with Crippen molar-refractivity contribution >= 4 is 5.95 Å². The smallest absolute Gasteiger partial charge is 0.277 e. The number of aromatic nitrogens is 2. The third kappa shape index (κ3) is 3.80. The van der Waals surface area contributed by atoms with E-state index < -0.39 is 0 Å². The van der Waals surface area contributed by atoms with Gasteiger partial charge in [0.2, 0.25) is 0 Å². The highest BCUT2D eigenvalue weighted by atomic mass is 15.2. The fourth-order valence-electron chi connectivity index (χ4n) is 1.90. The van der Waals surface area contributed by atoms with Gasteiger partial charge < -0.3 is 0 Å². The quantitative estimate of drug-likeness (QED) is 0.567. The molecule has 0 fully saturated rings. The Labute approximate surface area is 98.9 Å². The van der Waals surface area contributed by atoms with Crippen LogP contribution in [0.25, 0.3) is 0 Å². The van der Waals surface area contributed by atoms with E-state index in [4.69, 9.17) is 0 Å². The first-order chi connectivity index (χ1) is 7.79. The monoisotopic (exact) mass is 222 g/mol. The van der Waals surface area contributed by atoms with E-state index in [1.165, 1.54) is 37.8 Å². The Morgan fingerprint density at radius 2 is 2.00 bits per heavy atom. The second kappa shape index (κ2) is 7.20. The van der Waals surface area contributed by atoms with Crippen molar-refractivity contribution in [1.82, 2.24) is 4.98 Å². The molecule has 1 rings (SSSR count). The van der Waals surface area contributed by atoms with Gasteiger partial charge in [-0.15, -0.1) is 0 Å². The van der Waals surface area contributed by atoms with Crippen LogP contribution in [-0.4, -0.2) is 12.0 Å². The maximum absolute atomic E-state index is 4.32. The molecule has 1 heterocycles. The first kappa shape index (κ1) is 12.9. The van der Waals surface area contributed by atoms with Crippen LogP contribution in [0.3, 0.4) is 0 Å². The van der Waals surface area contributed by atoms with Crippen molar-refractivity contribution in [2.45, 2.75) is 52.5 Å². The second-order valence-electron chi connectivity index (χ2n) is 4.23. The highest BCUT2D eigenvalue weighted by molar-refractivity contribution is 5.14. The van der Waals surface area contributed by atoms with Crippen LogP contribution in [0.1, 0.15) is 44.7 Å². The predicted octanol–water partition coefficient (Wildman–Crippen LogP) is 2.69. The van der Waals surface area contributed by atoms with Crippen LogP contribution in [0.15, 0.2) is 12.3 Å². The molecule has 0 unspecified atom stereocenters. The van der Waals surface area contributed by atoms with Crippen molar-refractivity contribution in [2.24, 2.45) is 0 Å². The van der Waals surface area contributed by atoms with E-state index in [2.05, 4.69) is 34.8 Å². The second-order valence-corrected chi connectivity index (χ2v) is 4.23. The van der Waals surface area contributed by atoms with Gasteiger partial charge in [-0.25, -0.2) is 4.57 Å². The summed E-state index contributed by atoms with van der Waals surface area (Å²) < 4.78 is 2.26. The van der Waals surface area contributed by atoms with E-state index in [0.29, 0.717) is 0 Å². The lowest BCUT2D eigenvalue weighted by Crippen LogP contribution is -2.40. The number of nitrogens with one attached hydrogen (secondary N) is 1. The summed E-state index contributed by atoms with van der Waals surface area (Å²) in [6.45, 7) is 5.45. The zero-order chi connectivity index (χ0) is 11.8. The molecule has 0 aliphatic rings. The fourth-order valence-corrected chi connectivity index (χ4v) is 1.90. The summed E-state index contributed by atoms with van der Waals surface area (Å²) in [6.07, 6.45) is 8.43. The lowest BCUT2D eigenvalue weighted by Gasteiger charge is -2.07. The molecule has 16 heavy (non-hydrogen) atoms. The normalized spacial score (nSPS) is 10.4. The van der Waals surface area contributed by atoms with Crippen LogP contribution in [0.5, 0.6) is 0 Å². The van der Waals surface area contributed by atoms with Gasteiger partial charge in [0, 0.05) is 6.07 Å². The molecule has 0 aliphatic carbocycles. The maximum atomic E-state index is 4.32. The van der Waals surface area contributed by atoms with Crippen molar-refractivity contribution in [1.29, 1.82) is 0 Å². The number of rotatable bonds is 7. The van der Waals surface area contributed by atoms with Gasteiger partial charge in [0.15, 0.2) is 0 Å². The Bertz CT molecular complexity index is 310. The van der Waals surface area contributed by atoms with Crippen LogP contribution in [0.4, 0.5) is 5.95 Å². The number of nitrogens with zero attached hydrogens (tertiary/aromatic N) is 2. The average Bonchev–Trinajstić information content (AvgIpc) is 2.30. The van der Waals surface area contributed by atoms with Crippen LogP contribution >= 0.6 is 0 Å². The molecule has 1 N–H and O–H groups in total. The molecule has 0 bridgehead atoms. The van der Waals surface area contributed by atoms with Crippen LogP contribution in [-0.2, 0) is 6.54 Å². The van der Waals surface area contributed by atoms with Crippen molar-refractivity contribution in [2.75, 3.05) is 12.4 Å². The molecular formula is C13H24N3+. The number of anilines is 1. The lowest BCUT2D eigenvalue weighted by atomic mass is 10.1. The number of hydrogen-bond donors (Lipinski definition) is 1. The maximum Gasteiger partial charge on any atom is 0.391 e. The molecule has 0 amide bonds. The third-order valence-corrected chi connectivity index (χ3v) is 2.90. The van der Waals surface area contributed by atoms with Gasteiger partial charge >= 0.3 is 5.95 Å². The van der Waals surface area contributed by atoms with Gasteiger partial charge in [0.05, 0.1) is 19.3 Å². The highest BCUT2D eigenvalue weighted by Gasteiger charge is 2.09. The van der Waals surface area contributed by atoms with Gasteiger partial charge in [0.1, 0.15) is 6.20 Å². The minimum absolute atomic E-state index is 0.968. The number of unbranched alkanes of at least 4 members (excludes halogenated alkanes) is 4. The fraction of sp³-hybridized carbons (Fsp3) is 0.692. The zero-order valence-electron chi connectivity index (χ0n) is 10.8. The minimum atomic E-state index is 0.968. The summed E-state index contributed by atoms with van der Waals surface area (Å²) >= 11 is 0. The topological polar surface area (TPSA) is 28.8 Å². The van der Waals surface area contributed by atoms with E-state index in [1.54, 1.807) is 0 Å². The molecule has 0 radical (unpaired) electrons. The molecule has 90 valence electrons. The van der Waals surface area contributed by atoms with Crippen molar-refractivity contribution in [3.05, 3.63) is 18.0 Å². The lowest BCUT2D eigenvalue weighted by molar-refractivity contribution is -0.691. The largest absolute Gasteiger partial charge is 0.391 e. The Morgan fingerprint density at radius 3 is 2.69 bits per heavy atom. The van der Waals surface area contributed by atoms with Gasteiger partial charge in [-0.2, -0.15) is 0 Å². The Morgan fingerprint density at radius 1 is 1.25 bits per heavy atom. The molecule has 0 spiro atoms. The molecule has 0 saturated carbocycles. The van der Waals surface area contributed by atoms with E-state index in [-0.39, 0.29) is 0 Å². The highest BCUT2D eigenvalue weighted by Crippen LogP contribution is 2.04. The third-order valence-electron chi connectivity index (χ3n) is 2.90. The van der Waals surface area contributed by atoms with Gasteiger partial charge in [0.25, 0.3) is 0 Å². The van der Waals surface area contributed by atoms with Crippen LogP contribution in [0.2, 0.25) is 0 Å².